The zero-order valence-corrected chi connectivity index (χ0v) is 8.39. The summed E-state index contributed by atoms with van der Waals surface area (Å²) in [5, 5.41) is 9.30. The van der Waals surface area contributed by atoms with Crippen LogP contribution in [0.15, 0.2) is 24.4 Å². The molecule has 0 saturated heterocycles. The first-order valence-corrected chi connectivity index (χ1v) is 5.79. The number of β-amino-alcohol motifs (C(OH)–C–C–N with tert-alkyl or cyclic N) is 1. The summed E-state index contributed by atoms with van der Waals surface area (Å²) in [4.78, 5) is 1.76. The Morgan fingerprint density at radius 2 is 2.14 bits per heavy atom. The smallest absolute Gasteiger partial charge is 0.267 e. The lowest BCUT2D eigenvalue weighted by Gasteiger charge is -2.22. The highest BCUT2D eigenvalue weighted by molar-refractivity contribution is 7.85. The second-order valence-electron chi connectivity index (χ2n) is 3.13. The van der Waals surface area contributed by atoms with Crippen molar-refractivity contribution in [1.29, 1.82) is 0 Å². The van der Waals surface area contributed by atoms with Crippen molar-refractivity contribution in [2.24, 2.45) is 0 Å². The van der Waals surface area contributed by atoms with Crippen LogP contribution in [0.2, 0.25) is 0 Å². The summed E-state index contributed by atoms with van der Waals surface area (Å²) in [7, 11) is -4.09. The summed E-state index contributed by atoms with van der Waals surface area (Å²) < 4.78 is 29.3. The molecule has 5 nitrogen and oxygen atoms in total. The fourth-order valence-electron chi connectivity index (χ4n) is 1.21. The van der Waals surface area contributed by atoms with Gasteiger partial charge >= 0.3 is 0 Å². The number of rotatable bonds is 4. The van der Waals surface area contributed by atoms with Crippen LogP contribution in [0, 0.1) is 0 Å². The van der Waals surface area contributed by atoms with E-state index in [1.54, 1.807) is 17.2 Å². The highest BCUT2D eigenvalue weighted by Gasteiger charge is 2.16. The Morgan fingerprint density at radius 1 is 1.43 bits per heavy atom. The largest absolute Gasteiger partial charge is 0.390 e. The molecule has 0 radical (unpaired) electrons. The standard InChI is InChI=1S/C8H13NO4S/c10-8(7-14(11,12)13)6-9-4-2-1-3-5-9/h1-4,8,10H,5-7H2,(H,11,12,13)/t8-/m0/s1. The molecular formula is C8H13NO4S. The molecule has 0 fully saturated rings. The Balaban J connectivity index is 2.37. The van der Waals surface area contributed by atoms with Gasteiger partial charge in [-0.15, -0.1) is 0 Å². The van der Waals surface area contributed by atoms with Gasteiger partial charge in [0, 0.05) is 13.1 Å². The number of allylic oxidation sites excluding steroid dienone is 2. The topological polar surface area (TPSA) is 77.8 Å². The van der Waals surface area contributed by atoms with Crippen LogP contribution < -0.4 is 0 Å². The van der Waals surface area contributed by atoms with Crippen LogP contribution in [0.3, 0.4) is 0 Å². The van der Waals surface area contributed by atoms with Gasteiger partial charge in [0.1, 0.15) is 5.75 Å². The fraction of sp³-hybridized carbons (Fsp3) is 0.500. The summed E-state index contributed by atoms with van der Waals surface area (Å²) in [6.45, 7) is 0.833. The Morgan fingerprint density at radius 3 is 2.64 bits per heavy atom. The second kappa shape index (κ2) is 4.59. The Bertz CT molecular complexity index is 333. The summed E-state index contributed by atoms with van der Waals surface area (Å²) in [6.07, 6.45) is 6.24. The third-order valence-electron chi connectivity index (χ3n) is 1.73. The first kappa shape index (κ1) is 11.2. The summed E-state index contributed by atoms with van der Waals surface area (Å²) in [5.41, 5.74) is 0. The number of hydrogen-bond donors (Lipinski definition) is 2. The van der Waals surface area contributed by atoms with Crippen LogP contribution in [0.1, 0.15) is 0 Å². The lowest BCUT2D eigenvalue weighted by Crippen LogP contribution is -2.33. The van der Waals surface area contributed by atoms with E-state index in [2.05, 4.69) is 0 Å². The van der Waals surface area contributed by atoms with E-state index < -0.39 is 22.0 Å². The van der Waals surface area contributed by atoms with Crippen LogP contribution in [0.25, 0.3) is 0 Å². The molecule has 1 heterocycles. The van der Waals surface area contributed by atoms with Crippen molar-refractivity contribution in [1.82, 2.24) is 4.90 Å². The van der Waals surface area contributed by atoms with Gasteiger partial charge in [-0.2, -0.15) is 8.42 Å². The molecule has 1 aliphatic rings. The molecule has 0 aromatic rings. The SMILES string of the molecule is O=S(=O)(O)C[C@@H](O)CN1C=CC=CC1. The minimum absolute atomic E-state index is 0.195. The highest BCUT2D eigenvalue weighted by atomic mass is 32.2. The molecule has 0 bridgehead atoms. The van der Waals surface area contributed by atoms with Crippen molar-refractivity contribution in [3.63, 3.8) is 0 Å². The lowest BCUT2D eigenvalue weighted by molar-refractivity contribution is 0.156. The van der Waals surface area contributed by atoms with Crippen molar-refractivity contribution in [3.8, 4) is 0 Å². The highest BCUT2D eigenvalue weighted by Crippen LogP contribution is 2.01. The minimum Gasteiger partial charge on any atom is -0.390 e. The summed E-state index contributed by atoms with van der Waals surface area (Å²) in [5.74, 6) is -0.624. The Labute approximate surface area is 83.1 Å². The van der Waals surface area contributed by atoms with Gasteiger partial charge in [-0.1, -0.05) is 12.2 Å². The van der Waals surface area contributed by atoms with Gasteiger partial charge in [-0.05, 0) is 12.3 Å². The number of aliphatic hydroxyl groups excluding tert-OH is 1. The van der Waals surface area contributed by atoms with E-state index in [0.29, 0.717) is 6.54 Å². The van der Waals surface area contributed by atoms with Crippen molar-refractivity contribution in [3.05, 3.63) is 24.4 Å². The second-order valence-corrected chi connectivity index (χ2v) is 4.62. The van der Waals surface area contributed by atoms with Crippen molar-refractivity contribution >= 4 is 10.1 Å². The minimum atomic E-state index is -4.09. The van der Waals surface area contributed by atoms with E-state index in [0.717, 1.165) is 0 Å². The normalized spacial score (nSPS) is 18.6. The quantitative estimate of drug-likeness (QED) is 0.630. The maximum atomic E-state index is 10.4. The number of aliphatic hydroxyl groups is 1. The van der Waals surface area contributed by atoms with Gasteiger partial charge in [0.15, 0.2) is 0 Å². The molecule has 1 aliphatic heterocycles. The molecule has 0 unspecified atom stereocenters. The molecule has 2 N–H and O–H groups in total. The molecule has 0 amide bonds. The molecular weight excluding hydrogens is 206 g/mol. The molecule has 80 valence electrons. The first-order valence-electron chi connectivity index (χ1n) is 4.18. The van der Waals surface area contributed by atoms with Crippen LogP contribution in [0.4, 0.5) is 0 Å². The third-order valence-corrected chi connectivity index (χ3v) is 2.54. The molecule has 1 rings (SSSR count). The van der Waals surface area contributed by atoms with Crippen molar-refractivity contribution in [2.75, 3.05) is 18.8 Å². The van der Waals surface area contributed by atoms with Crippen molar-refractivity contribution < 1.29 is 18.1 Å². The lowest BCUT2D eigenvalue weighted by atomic mass is 10.3. The molecule has 0 saturated carbocycles. The predicted octanol–water partition coefficient (Wildman–Crippen LogP) is -0.379. The van der Waals surface area contributed by atoms with Gasteiger partial charge in [0.25, 0.3) is 10.1 Å². The number of hydrogen-bond acceptors (Lipinski definition) is 4. The van der Waals surface area contributed by atoms with Crippen molar-refractivity contribution in [2.45, 2.75) is 6.10 Å². The van der Waals surface area contributed by atoms with Crippen LogP contribution in [-0.4, -0.2) is 47.9 Å². The summed E-state index contributed by atoms with van der Waals surface area (Å²) in [6, 6.07) is 0. The molecule has 0 aromatic heterocycles. The zero-order valence-electron chi connectivity index (χ0n) is 7.57. The van der Waals surface area contributed by atoms with E-state index in [9.17, 15) is 13.5 Å². The average Bonchev–Trinajstić information content (AvgIpc) is 2.02. The monoisotopic (exact) mass is 219 g/mol. The van der Waals surface area contributed by atoms with Crippen LogP contribution >= 0.6 is 0 Å². The van der Waals surface area contributed by atoms with E-state index in [-0.39, 0.29) is 6.54 Å². The summed E-state index contributed by atoms with van der Waals surface area (Å²) >= 11 is 0. The third kappa shape index (κ3) is 4.40. The van der Waals surface area contributed by atoms with Gasteiger partial charge in [-0.3, -0.25) is 4.55 Å². The number of nitrogens with zero attached hydrogens (tertiary/aromatic N) is 1. The first-order chi connectivity index (χ1) is 6.47. The molecule has 0 spiro atoms. The van der Waals surface area contributed by atoms with E-state index >= 15 is 0 Å². The van der Waals surface area contributed by atoms with E-state index in [1.807, 2.05) is 12.2 Å². The van der Waals surface area contributed by atoms with Crippen LogP contribution in [0.5, 0.6) is 0 Å². The van der Waals surface area contributed by atoms with Gasteiger partial charge < -0.3 is 10.0 Å². The molecule has 0 aromatic carbocycles. The zero-order chi connectivity index (χ0) is 10.6. The predicted molar refractivity (Wildman–Crippen MR) is 52.3 cm³/mol. The fourth-order valence-corrected chi connectivity index (χ4v) is 1.80. The average molecular weight is 219 g/mol. The van der Waals surface area contributed by atoms with Gasteiger partial charge in [-0.25, -0.2) is 0 Å². The Hall–Kier alpha value is -0.850. The molecule has 0 aliphatic carbocycles. The molecule has 6 heteroatoms. The van der Waals surface area contributed by atoms with E-state index in [4.69, 9.17) is 4.55 Å². The van der Waals surface area contributed by atoms with Crippen LogP contribution in [-0.2, 0) is 10.1 Å². The Kier molecular flexibility index (Phi) is 3.68. The van der Waals surface area contributed by atoms with E-state index in [1.165, 1.54) is 0 Å². The van der Waals surface area contributed by atoms with Gasteiger partial charge in [0.05, 0.1) is 6.10 Å². The molecule has 14 heavy (non-hydrogen) atoms. The van der Waals surface area contributed by atoms with Gasteiger partial charge in [0.2, 0.25) is 0 Å². The maximum Gasteiger partial charge on any atom is 0.267 e. The maximum absolute atomic E-state index is 10.4. The molecule has 1 atom stereocenters.